The van der Waals surface area contributed by atoms with Crippen molar-refractivity contribution in [3.63, 3.8) is 0 Å². The van der Waals surface area contributed by atoms with E-state index in [0.29, 0.717) is 17.2 Å². The highest BCUT2D eigenvalue weighted by Gasteiger charge is 2.26. The number of carbonyl (C=O) groups is 2. The first-order valence-electron chi connectivity index (χ1n) is 11.5. The van der Waals surface area contributed by atoms with Gasteiger partial charge in [-0.2, -0.15) is 0 Å². The summed E-state index contributed by atoms with van der Waals surface area (Å²) in [5, 5.41) is 2.36. The Morgan fingerprint density at radius 3 is 2.33 bits per heavy atom. The molecular weight excluding hydrogens is 569 g/mol. The van der Waals surface area contributed by atoms with Crippen LogP contribution in [-0.2, 0) is 16.4 Å². The molecule has 1 atom stereocenters. The third-order valence-corrected chi connectivity index (χ3v) is 7.56. The van der Waals surface area contributed by atoms with E-state index in [0.717, 1.165) is 18.2 Å². The highest BCUT2D eigenvalue weighted by atomic mass is 35.5. The molecule has 0 bridgehead atoms. The third-order valence-electron chi connectivity index (χ3n) is 5.73. The number of halogens is 4. The second kappa shape index (κ2) is 11.8. The number of amides is 3. The number of hydrogen-bond acceptors (Lipinski definition) is 5. The zero-order valence-corrected chi connectivity index (χ0v) is 21.9. The van der Waals surface area contributed by atoms with Crippen LogP contribution in [0, 0.1) is 17.5 Å². The molecule has 4 aromatic rings. The Balaban J connectivity index is 1.75. The summed E-state index contributed by atoms with van der Waals surface area (Å²) in [5.41, 5.74) is 5.72. The van der Waals surface area contributed by atoms with Crippen LogP contribution in [0.5, 0.6) is 0 Å². The molecule has 13 heteroatoms. The molecule has 0 aliphatic carbocycles. The average Bonchev–Trinajstić information content (AvgIpc) is 2.87. The molecule has 0 saturated carbocycles. The van der Waals surface area contributed by atoms with Gasteiger partial charge < -0.3 is 11.1 Å². The van der Waals surface area contributed by atoms with E-state index in [4.69, 9.17) is 17.3 Å². The molecule has 4 N–H and O–H groups in total. The highest BCUT2D eigenvalue weighted by molar-refractivity contribution is 7.90. The maximum absolute atomic E-state index is 14.1. The van der Waals surface area contributed by atoms with Crippen LogP contribution in [0.2, 0.25) is 5.02 Å². The number of carbonyl (C=O) groups excluding carboxylic acids is 2. The second-order valence-electron chi connectivity index (χ2n) is 8.54. The molecule has 0 saturated heterocycles. The minimum atomic E-state index is -4.41. The molecule has 1 heterocycles. The van der Waals surface area contributed by atoms with Crippen LogP contribution in [0.3, 0.4) is 0 Å². The first-order chi connectivity index (χ1) is 18.9. The molecule has 3 aromatic carbocycles. The van der Waals surface area contributed by atoms with Crippen molar-refractivity contribution in [3.8, 4) is 11.1 Å². The number of pyridine rings is 1. The number of aromatic nitrogens is 1. The monoisotopic (exact) mass is 588 g/mol. The lowest BCUT2D eigenvalue weighted by Gasteiger charge is -2.22. The van der Waals surface area contributed by atoms with E-state index in [1.54, 1.807) is 6.07 Å². The fourth-order valence-electron chi connectivity index (χ4n) is 4.03. The van der Waals surface area contributed by atoms with Gasteiger partial charge in [0.2, 0.25) is 0 Å². The van der Waals surface area contributed by atoms with Crippen LogP contribution >= 0.6 is 11.6 Å². The van der Waals surface area contributed by atoms with Gasteiger partial charge >= 0.3 is 6.03 Å². The van der Waals surface area contributed by atoms with Crippen molar-refractivity contribution in [1.82, 2.24) is 15.0 Å². The van der Waals surface area contributed by atoms with Crippen molar-refractivity contribution < 1.29 is 31.2 Å². The van der Waals surface area contributed by atoms with Gasteiger partial charge in [0.25, 0.3) is 15.9 Å². The van der Waals surface area contributed by atoms with Crippen LogP contribution in [0.4, 0.5) is 18.0 Å². The van der Waals surface area contributed by atoms with E-state index >= 15 is 0 Å². The smallest absolute Gasteiger partial charge is 0.329 e. The predicted molar refractivity (Wildman–Crippen MR) is 141 cm³/mol. The van der Waals surface area contributed by atoms with Crippen LogP contribution in [0.1, 0.15) is 27.7 Å². The van der Waals surface area contributed by atoms with Gasteiger partial charge in [-0.3, -0.25) is 9.78 Å². The Kier molecular flexibility index (Phi) is 8.40. The van der Waals surface area contributed by atoms with Crippen LogP contribution < -0.4 is 15.8 Å². The number of nitrogens with zero attached hydrogens (tertiary/aromatic N) is 1. The topological polar surface area (TPSA) is 131 Å². The van der Waals surface area contributed by atoms with E-state index in [2.05, 4.69) is 10.3 Å². The Morgan fingerprint density at radius 1 is 0.950 bits per heavy atom. The zero-order chi connectivity index (χ0) is 29.0. The fourth-order valence-corrected chi connectivity index (χ4v) is 5.46. The predicted octanol–water partition coefficient (Wildman–Crippen LogP) is 4.89. The van der Waals surface area contributed by atoms with E-state index in [9.17, 15) is 31.2 Å². The normalized spacial score (nSPS) is 12.0. The molecule has 4 rings (SSSR count). The number of nitrogens with two attached hydrogens (primary N) is 1. The lowest BCUT2D eigenvalue weighted by molar-refractivity contribution is 0.0996. The Morgan fingerprint density at radius 2 is 1.65 bits per heavy atom. The summed E-state index contributed by atoms with van der Waals surface area (Å²) in [6.07, 6.45) is 1.14. The SMILES string of the molecule is NC(=O)c1cc(-c2cccnc2[C@H](Cc2cc(F)cc(F)c2)NC(=O)NS(=O)(=O)c2ccccc2Cl)ccc1F. The zero-order valence-electron chi connectivity index (χ0n) is 20.4. The first-order valence-corrected chi connectivity index (χ1v) is 13.4. The molecule has 1 aromatic heterocycles. The molecule has 0 unspecified atom stereocenters. The molecular formula is C27H20ClF3N4O4S. The molecule has 206 valence electrons. The minimum Gasteiger partial charge on any atom is -0.366 e. The quantitative estimate of drug-likeness (QED) is 0.270. The first kappa shape index (κ1) is 28.6. The number of benzene rings is 3. The average molecular weight is 589 g/mol. The van der Waals surface area contributed by atoms with E-state index < -0.39 is 51.0 Å². The van der Waals surface area contributed by atoms with Crippen molar-refractivity contribution in [3.05, 3.63) is 118 Å². The number of urea groups is 1. The maximum Gasteiger partial charge on any atom is 0.329 e. The summed E-state index contributed by atoms with van der Waals surface area (Å²) in [4.78, 5) is 28.6. The van der Waals surface area contributed by atoms with Crippen LogP contribution in [0.25, 0.3) is 11.1 Å². The van der Waals surface area contributed by atoms with Gasteiger partial charge in [-0.15, -0.1) is 0 Å². The third kappa shape index (κ3) is 6.58. The molecule has 0 aliphatic rings. The maximum atomic E-state index is 14.1. The standard InChI is InChI=1S/C27H20ClF3N4O4S/c28-21-5-1-2-6-24(21)40(38,39)35-27(37)34-23(12-15-10-17(29)14-18(30)11-15)25-19(4-3-9-33-25)16-7-8-22(31)20(13-16)26(32)36/h1-11,13-14,23H,12H2,(H2,32,36)(H2,34,35,37)/t23-/m0/s1. The van der Waals surface area contributed by atoms with Gasteiger partial charge in [0.05, 0.1) is 22.3 Å². The molecule has 0 fully saturated rings. The Hall–Kier alpha value is -4.42. The van der Waals surface area contributed by atoms with E-state index in [-0.39, 0.29) is 27.6 Å². The summed E-state index contributed by atoms with van der Waals surface area (Å²) >= 11 is 5.97. The molecule has 8 nitrogen and oxygen atoms in total. The molecule has 3 amide bonds. The van der Waals surface area contributed by atoms with Gasteiger partial charge in [0, 0.05) is 17.8 Å². The van der Waals surface area contributed by atoms with Gasteiger partial charge in [-0.1, -0.05) is 35.9 Å². The van der Waals surface area contributed by atoms with Crippen molar-refractivity contribution in [2.75, 3.05) is 0 Å². The fraction of sp³-hybridized carbons (Fsp3) is 0.0741. The van der Waals surface area contributed by atoms with Crippen molar-refractivity contribution in [1.29, 1.82) is 0 Å². The van der Waals surface area contributed by atoms with Crippen LogP contribution in [-0.4, -0.2) is 25.3 Å². The van der Waals surface area contributed by atoms with Gasteiger partial charge in [0.1, 0.15) is 22.3 Å². The molecule has 0 radical (unpaired) electrons. The molecule has 0 spiro atoms. The highest BCUT2D eigenvalue weighted by Crippen LogP contribution is 2.30. The molecule has 0 aliphatic heterocycles. The largest absolute Gasteiger partial charge is 0.366 e. The summed E-state index contributed by atoms with van der Waals surface area (Å²) in [6, 6.07) is 12.5. The van der Waals surface area contributed by atoms with Crippen LogP contribution in [0.15, 0.2) is 83.9 Å². The Labute approximate surface area is 232 Å². The Bertz CT molecular complexity index is 1700. The number of nitrogens with one attached hydrogen (secondary N) is 2. The second-order valence-corrected chi connectivity index (χ2v) is 10.6. The lowest BCUT2D eigenvalue weighted by Crippen LogP contribution is -2.42. The summed E-state index contributed by atoms with van der Waals surface area (Å²) in [7, 11) is -4.41. The summed E-state index contributed by atoms with van der Waals surface area (Å²) in [5.74, 6) is -3.61. The van der Waals surface area contributed by atoms with Gasteiger partial charge in [0.15, 0.2) is 0 Å². The van der Waals surface area contributed by atoms with E-state index in [1.807, 2.05) is 4.72 Å². The van der Waals surface area contributed by atoms with Crippen molar-refractivity contribution in [2.24, 2.45) is 5.73 Å². The summed E-state index contributed by atoms with van der Waals surface area (Å²) in [6.45, 7) is 0. The number of primary amides is 1. The van der Waals surface area contributed by atoms with Gasteiger partial charge in [-0.25, -0.2) is 31.1 Å². The number of rotatable bonds is 8. The number of sulfonamides is 1. The van der Waals surface area contributed by atoms with Crippen molar-refractivity contribution in [2.45, 2.75) is 17.4 Å². The molecule has 40 heavy (non-hydrogen) atoms. The van der Waals surface area contributed by atoms with E-state index in [1.165, 1.54) is 48.7 Å². The lowest BCUT2D eigenvalue weighted by atomic mass is 9.94. The number of hydrogen-bond donors (Lipinski definition) is 3. The van der Waals surface area contributed by atoms with Gasteiger partial charge in [-0.05, 0) is 60.0 Å². The summed E-state index contributed by atoms with van der Waals surface area (Å²) < 4.78 is 69.5. The minimum absolute atomic E-state index is 0.116. The van der Waals surface area contributed by atoms with Crippen molar-refractivity contribution >= 4 is 33.6 Å².